The van der Waals surface area contributed by atoms with Gasteiger partial charge >= 0.3 is 0 Å². The first-order chi connectivity index (χ1) is 10.1. The highest BCUT2D eigenvalue weighted by Gasteiger charge is 2.32. The zero-order valence-corrected chi connectivity index (χ0v) is 12.6. The smallest absolute Gasteiger partial charge is 0.222 e. The Balaban J connectivity index is 1.73. The number of carbonyl (C=O) groups is 2. The van der Waals surface area contributed by atoms with Gasteiger partial charge in [0.1, 0.15) is 6.10 Å². The Bertz CT molecular complexity index is 371. The number of amides is 2. The van der Waals surface area contributed by atoms with Gasteiger partial charge in [0.2, 0.25) is 11.8 Å². The molecule has 2 fully saturated rings. The molecule has 2 rings (SSSR count). The van der Waals surface area contributed by atoms with Crippen molar-refractivity contribution < 1.29 is 19.4 Å². The molecule has 120 valence electrons. The van der Waals surface area contributed by atoms with Crippen LogP contribution >= 0.6 is 0 Å². The maximum Gasteiger partial charge on any atom is 0.222 e. The molecule has 1 heterocycles. The molecule has 6 heteroatoms. The normalized spacial score (nSPS) is 29.0. The summed E-state index contributed by atoms with van der Waals surface area (Å²) >= 11 is 0. The first kappa shape index (κ1) is 16.2. The molecule has 3 N–H and O–H groups in total. The Morgan fingerprint density at radius 2 is 1.95 bits per heavy atom. The van der Waals surface area contributed by atoms with Crippen molar-refractivity contribution in [3.8, 4) is 0 Å². The number of aliphatic hydroxyl groups is 1. The van der Waals surface area contributed by atoms with Gasteiger partial charge in [0.05, 0.1) is 25.2 Å². The molecule has 0 spiro atoms. The van der Waals surface area contributed by atoms with Gasteiger partial charge in [0.15, 0.2) is 0 Å². The van der Waals surface area contributed by atoms with Crippen molar-refractivity contribution in [2.75, 3.05) is 13.2 Å². The van der Waals surface area contributed by atoms with E-state index in [2.05, 4.69) is 10.6 Å². The fourth-order valence-corrected chi connectivity index (χ4v) is 2.61. The van der Waals surface area contributed by atoms with Crippen LogP contribution in [-0.4, -0.2) is 48.3 Å². The zero-order valence-electron chi connectivity index (χ0n) is 12.6. The van der Waals surface area contributed by atoms with Gasteiger partial charge in [0, 0.05) is 13.0 Å². The minimum atomic E-state index is -0.421. The maximum atomic E-state index is 11.8. The summed E-state index contributed by atoms with van der Waals surface area (Å²) in [5.74, 6) is 0.641. The molecule has 2 aliphatic rings. The number of hydrogen-bond acceptors (Lipinski definition) is 4. The second-order valence-corrected chi connectivity index (χ2v) is 6.04. The molecule has 1 saturated carbocycles. The third-order valence-electron chi connectivity index (χ3n) is 4.16. The molecular formula is C15H26N2O4. The Labute approximate surface area is 125 Å². The number of ether oxygens (including phenoxy) is 1. The highest BCUT2D eigenvalue weighted by atomic mass is 16.5. The Morgan fingerprint density at radius 3 is 2.57 bits per heavy atom. The predicted octanol–water partition coefficient (Wildman–Crippen LogP) is 0.337. The SMILES string of the molecule is CCC(=O)N[C@@H]1CC[C@@H](CC(=O)NCC2CC2)O[C@@H]1CO. The summed E-state index contributed by atoms with van der Waals surface area (Å²) in [6.07, 6.45) is 4.04. The largest absolute Gasteiger partial charge is 0.394 e. The van der Waals surface area contributed by atoms with Crippen LogP contribution < -0.4 is 10.6 Å². The molecule has 2 amide bonds. The predicted molar refractivity (Wildman–Crippen MR) is 77.6 cm³/mol. The Morgan fingerprint density at radius 1 is 1.19 bits per heavy atom. The molecule has 1 saturated heterocycles. The number of nitrogens with one attached hydrogen (secondary N) is 2. The van der Waals surface area contributed by atoms with E-state index in [9.17, 15) is 14.7 Å². The van der Waals surface area contributed by atoms with E-state index in [0.29, 0.717) is 18.8 Å². The average molecular weight is 298 g/mol. The van der Waals surface area contributed by atoms with Crippen LogP contribution in [0.4, 0.5) is 0 Å². The highest BCUT2D eigenvalue weighted by molar-refractivity contribution is 5.76. The molecule has 6 nitrogen and oxygen atoms in total. The lowest BCUT2D eigenvalue weighted by atomic mass is 9.97. The Kier molecular flexibility index (Phi) is 5.99. The van der Waals surface area contributed by atoms with Crippen LogP contribution in [0.5, 0.6) is 0 Å². The third kappa shape index (κ3) is 5.28. The molecule has 21 heavy (non-hydrogen) atoms. The van der Waals surface area contributed by atoms with E-state index in [1.807, 2.05) is 0 Å². The number of rotatable bonds is 7. The van der Waals surface area contributed by atoms with Crippen LogP contribution in [0.3, 0.4) is 0 Å². The van der Waals surface area contributed by atoms with Crippen molar-refractivity contribution in [2.24, 2.45) is 5.92 Å². The van der Waals surface area contributed by atoms with Gasteiger partial charge in [-0.15, -0.1) is 0 Å². The molecule has 3 atom stereocenters. The van der Waals surface area contributed by atoms with E-state index in [1.54, 1.807) is 6.92 Å². The molecular weight excluding hydrogens is 272 g/mol. The summed E-state index contributed by atoms with van der Waals surface area (Å²) in [6, 6.07) is -0.159. The number of hydrogen-bond donors (Lipinski definition) is 3. The van der Waals surface area contributed by atoms with Gasteiger partial charge in [-0.2, -0.15) is 0 Å². The molecule has 1 aliphatic heterocycles. The van der Waals surface area contributed by atoms with Gasteiger partial charge in [-0.3, -0.25) is 9.59 Å². The van der Waals surface area contributed by atoms with Crippen molar-refractivity contribution in [1.29, 1.82) is 0 Å². The van der Waals surface area contributed by atoms with E-state index in [1.165, 1.54) is 12.8 Å². The highest BCUT2D eigenvalue weighted by Crippen LogP contribution is 2.27. The van der Waals surface area contributed by atoms with Crippen molar-refractivity contribution in [1.82, 2.24) is 10.6 Å². The van der Waals surface area contributed by atoms with Gasteiger partial charge in [0.25, 0.3) is 0 Å². The Hall–Kier alpha value is -1.14. The lowest BCUT2D eigenvalue weighted by molar-refractivity contribution is -0.135. The lowest BCUT2D eigenvalue weighted by Gasteiger charge is -2.36. The zero-order chi connectivity index (χ0) is 15.2. The van der Waals surface area contributed by atoms with Gasteiger partial charge in [-0.25, -0.2) is 0 Å². The minimum Gasteiger partial charge on any atom is -0.394 e. The van der Waals surface area contributed by atoms with Crippen LogP contribution in [0.1, 0.15) is 45.4 Å². The van der Waals surface area contributed by atoms with E-state index >= 15 is 0 Å². The van der Waals surface area contributed by atoms with E-state index in [0.717, 1.165) is 19.4 Å². The first-order valence-electron chi connectivity index (χ1n) is 7.94. The minimum absolute atomic E-state index is 0.0135. The second-order valence-electron chi connectivity index (χ2n) is 6.04. The fourth-order valence-electron chi connectivity index (χ4n) is 2.61. The van der Waals surface area contributed by atoms with Crippen molar-refractivity contribution in [3.63, 3.8) is 0 Å². The summed E-state index contributed by atoms with van der Waals surface area (Å²) in [5.41, 5.74) is 0. The number of aliphatic hydroxyl groups excluding tert-OH is 1. The van der Waals surface area contributed by atoms with Crippen molar-refractivity contribution in [2.45, 2.75) is 63.7 Å². The van der Waals surface area contributed by atoms with Gasteiger partial charge in [-0.05, 0) is 31.6 Å². The monoisotopic (exact) mass is 298 g/mol. The average Bonchev–Trinajstić information content (AvgIpc) is 3.30. The fraction of sp³-hybridized carbons (Fsp3) is 0.867. The van der Waals surface area contributed by atoms with Crippen molar-refractivity contribution in [3.05, 3.63) is 0 Å². The third-order valence-corrected chi connectivity index (χ3v) is 4.16. The summed E-state index contributed by atoms with van der Waals surface area (Å²) < 4.78 is 5.76. The maximum absolute atomic E-state index is 11.8. The summed E-state index contributed by atoms with van der Waals surface area (Å²) in [4.78, 5) is 23.3. The van der Waals surface area contributed by atoms with Crippen LogP contribution in [0.2, 0.25) is 0 Å². The summed E-state index contributed by atoms with van der Waals surface area (Å²) in [5, 5.41) is 15.2. The van der Waals surface area contributed by atoms with Crippen LogP contribution in [0.25, 0.3) is 0 Å². The standard InChI is InChI=1S/C15H26N2O4/c1-2-14(19)17-12-6-5-11(21-13(12)9-18)7-15(20)16-8-10-3-4-10/h10-13,18H,2-9H2,1H3,(H,16,20)(H,17,19)/t11-,12+,13+/m0/s1. The van der Waals surface area contributed by atoms with E-state index in [-0.39, 0.29) is 30.6 Å². The molecule has 0 aromatic carbocycles. The van der Waals surface area contributed by atoms with Gasteiger partial charge in [-0.1, -0.05) is 6.92 Å². The van der Waals surface area contributed by atoms with E-state index in [4.69, 9.17) is 4.74 Å². The quantitative estimate of drug-likeness (QED) is 0.632. The van der Waals surface area contributed by atoms with E-state index < -0.39 is 6.10 Å². The molecule has 1 aliphatic carbocycles. The lowest BCUT2D eigenvalue weighted by Crippen LogP contribution is -2.51. The van der Waals surface area contributed by atoms with Gasteiger partial charge < -0.3 is 20.5 Å². The first-order valence-corrected chi connectivity index (χ1v) is 7.94. The summed E-state index contributed by atoms with van der Waals surface area (Å²) in [7, 11) is 0. The van der Waals surface area contributed by atoms with Crippen LogP contribution in [-0.2, 0) is 14.3 Å². The topological polar surface area (TPSA) is 87.7 Å². The number of carbonyl (C=O) groups excluding carboxylic acids is 2. The van der Waals surface area contributed by atoms with Crippen LogP contribution in [0.15, 0.2) is 0 Å². The molecule has 0 aromatic rings. The second kappa shape index (κ2) is 7.75. The molecule has 0 radical (unpaired) electrons. The molecule has 0 aromatic heterocycles. The molecule has 0 unspecified atom stereocenters. The summed E-state index contributed by atoms with van der Waals surface area (Å²) in [6.45, 7) is 2.42. The van der Waals surface area contributed by atoms with Crippen LogP contribution in [0, 0.1) is 5.92 Å². The molecule has 0 bridgehead atoms. The van der Waals surface area contributed by atoms with Crippen molar-refractivity contribution >= 4 is 11.8 Å².